The molecule has 0 aromatic rings. The number of hydrogen-bond donors (Lipinski definition) is 1. The van der Waals surface area contributed by atoms with Crippen LogP contribution in [0.5, 0.6) is 0 Å². The van der Waals surface area contributed by atoms with Crippen LogP contribution in [0.3, 0.4) is 0 Å². The molecule has 0 aliphatic carbocycles. The van der Waals surface area contributed by atoms with Crippen molar-refractivity contribution in [3.05, 3.63) is 0 Å². The highest BCUT2D eigenvalue weighted by atomic mass is 16.2. The number of piperazine rings is 1. The van der Waals surface area contributed by atoms with Gasteiger partial charge < -0.3 is 10.2 Å². The van der Waals surface area contributed by atoms with E-state index in [0.29, 0.717) is 18.4 Å². The Morgan fingerprint density at radius 3 is 2.39 bits per heavy atom. The minimum atomic E-state index is -0.341. The Labute approximate surface area is 110 Å². The molecule has 1 aliphatic rings. The van der Waals surface area contributed by atoms with E-state index in [-0.39, 0.29) is 23.9 Å². The molecule has 18 heavy (non-hydrogen) atoms. The normalized spacial score (nSPS) is 26.4. The molecule has 3 atom stereocenters. The summed E-state index contributed by atoms with van der Waals surface area (Å²) < 4.78 is 0. The summed E-state index contributed by atoms with van der Waals surface area (Å²) >= 11 is 0. The van der Waals surface area contributed by atoms with Gasteiger partial charge in [-0.3, -0.25) is 9.59 Å². The number of nitrogens with zero attached hydrogens (tertiary/aromatic N) is 1. The van der Waals surface area contributed by atoms with E-state index in [1.165, 1.54) is 0 Å². The average molecular weight is 254 g/mol. The van der Waals surface area contributed by atoms with Gasteiger partial charge in [-0.1, -0.05) is 34.1 Å². The zero-order valence-corrected chi connectivity index (χ0v) is 12.2. The van der Waals surface area contributed by atoms with E-state index in [1.54, 1.807) is 4.90 Å². The van der Waals surface area contributed by atoms with Crippen LogP contribution in [0.4, 0.5) is 0 Å². The van der Waals surface area contributed by atoms with Gasteiger partial charge in [0.1, 0.15) is 12.1 Å². The highest BCUT2D eigenvalue weighted by Gasteiger charge is 2.38. The first kappa shape index (κ1) is 15.0. The molecule has 2 amide bonds. The van der Waals surface area contributed by atoms with Crippen molar-refractivity contribution in [1.29, 1.82) is 0 Å². The second-order valence-corrected chi connectivity index (χ2v) is 5.74. The summed E-state index contributed by atoms with van der Waals surface area (Å²) in [4.78, 5) is 26.0. The van der Waals surface area contributed by atoms with Crippen molar-refractivity contribution in [2.24, 2.45) is 11.8 Å². The van der Waals surface area contributed by atoms with E-state index >= 15 is 0 Å². The molecule has 0 radical (unpaired) electrons. The molecule has 4 nitrogen and oxygen atoms in total. The van der Waals surface area contributed by atoms with Crippen molar-refractivity contribution in [3.63, 3.8) is 0 Å². The second-order valence-electron chi connectivity index (χ2n) is 5.74. The van der Waals surface area contributed by atoms with Gasteiger partial charge in [-0.05, 0) is 25.2 Å². The highest BCUT2D eigenvalue weighted by molar-refractivity contribution is 5.96. The van der Waals surface area contributed by atoms with Gasteiger partial charge >= 0.3 is 0 Å². The van der Waals surface area contributed by atoms with Crippen LogP contribution >= 0.6 is 0 Å². The Morgan fingerprint density at radius 1 is 1.28 bits per heavy atom. The van der Waals surface area contributed by atoms with E-state index < -0.39 is 0 Å². The molecular weight excluding hydrogens is 228 g/mol. The van der Waals surface area contributed by atoms with E-state index in [0.717, 1.165) is 12.8 Å². The molecule has 1 saturated heterocycles. The van der Waals surface area contributed by atoms with Crippen molar-refractivity contribution in [2.75, 3.05) is 6.54 Å². The topological polar surface area (TPSA) is 49.4 Å². The molecule has 0 bridgehead atoms. The third kappa shape index (κ3) is 3.24. The molecule has 1 aliphatic heterocycles. The molecule has 3 unspecified atom stereocenters. The lowest BCUT2D eigenvalue weighted by Crippen LogP contribution is -2.63. The van der Waals surface area contributed by atoms with Gasteiger partial charge in [0, 0.05) is 6.54 Å². The summed E-state index contributed by atoms with van der Waals surface area (Å²) in [6.07, 6.45) is 1.63. The Hall–Kier alpha value is -1.06. The lowest BCUT2D eigenvalue weighted by Gasteiger charge is -2.39. The van der Waals surface area contributed by atoms with Crippen LogP contribution in [0, 0.1) is 11.8 Å². The molecule has 104 valence electrons. The highest BCUT2D eigenvalue weighted by Crippen LogP contribution is 2.18. The van der Waals surface area contributed by atoms with E-state index in [1.807, 2.05) is 13.8 Å². The number of rotatable bonds is 5. The molecule has 1 N–H and O–H groups in total. The van der Waals surface area contributed by atoms with Crippen LogP contribution < -0.4 is 5.32 Å². The summed E-state index contributed by atoms with van der Waals surface area (Å²) in [5.74, 6) is 0.977. The van der Waals surface area contributed by atoms with Gasteiger partial charge in [0.15, 0.2) is 0 Å². The van der Waals surface area contributed by atoms with Crippen molar-refractivity contribution >= 4 is 11.8 Å². The van der Waals surface area contributed by atoms with Crippen LogP contribution in [0.25, 0.3) is 0 Å². The first-order valence-corrected chi connectivity index (χ1v) is 6.99. The van der Waals surface area contributed by atoms with Crippen LogP contribution in [0.15, 0.2) is 0 Å². The lowest BCUT2D eigenvalue weighted by molar-refractivity contribution is -0.149. The van der Waals surface area contributed by atoms with Crippen LogP contribution in [-0.4, -0.2) is 35.3 Å². The number of nitrogens with one attached hydrogen (secondary N) is 1. The first-order chi connectivity index (χ1) is 8.38. The van der Waals surface area contributed by atoms with Crippen LogP contribution in [0.2, 0.25) is 0 Å². The maximum atomic E-state index is 12.3. The van der Waals surface area contributed by atoms with Crippen molar-refractivity contribution in [2.45, 2.75) is 59.5 Å². The van der Waals surface area contributed by atoms with Gasteiger partial charge in [-0.2, -0.15) is 0 Å². The smallest absolute Gasteiger partial charge is 0.245 e. The number of hydrogen-bond acceptors (Lipinski definition) is 2. The molecular formula is C14H26N2O2. The van der Waals surface area contributed by atoms with Gasteiger partial charge in [0.25, 0.3) is 0 Å². The predicted molar refractivity (Wildman–Crippen MR) is 72.0 cm³/mol. The SMILES string of the molecule is CCCC1NC(=O)C(C)N(CC(C)C(C)C)C1=O. The Balaban J connectivity index is 2.78. The van der Waals surface area contributed by atoms with Gasteiger partial charge in [0.2, 0.25) is 11.8 Å². The molecule has 1 rings (SSSR count). The van der Waals surface area contributed by atoms with E-state index in [2.05, 4.69) is 26.1 Å². The third-order valence-corrected chi connectivity index (χ3v) is 3.94. The Bertz CT molecular complexity index is 315. The Morgan fingerprint density at radius 2 is 1.89 bits per heavy atom. The monoisotopic (exact) mass is 254 g/mol. The minimum Gasteiger partial charge on any atom is -0.343 e. The van der Waals surface area contributed by atoms with Crippen LogP contribution in [-0.2, 0) is 9.59 Å². The maximum absolute atomic E-state index is 12.3. The van der Waals surface area contributed by atoms with Crippen molar-refractivity contribution in [3.8, 4) is 0 Å². The van der Waals surface area contributed by atoms with E-state index in [9.17, 15) is 9.59 Å². The molecule has 0 spiro atoms. The first-order valence-electron chi connectivity index (χ1n) is 6.99. The summed E-state index contributed by atoms with van der Waals surface area (Å²) in [6.45, 7) is 10.9. The van der Waals surface area contributed by atoms with Crippen LogP contribution in [0.1, 0.15) is 47.5 Å². The number of carbonyl (C=O) groups is 2. The van der Waals surface area contributed by atoms with Gasteiger partial charge in [0.05, 0.1) is 0 Å². The molecule has 0 aromatic heterocycles. The number of carbonyl (C=O) groups excluding carboxylic acids is 2. The fraction of sp³-hybridized carbons (Fsp3) is 0.857. The zero-order valence-electron chi connectivity index (χ0n) is 12.2. The quantitative estimate of drug-likeness (QED) is 0.813. The van der Waals surface area contributed by atoms with E-state index in [4.69, 9.17) is 0 Å². The molecule has 4 heteroatoms. The second kappa shape index (κ2) is 6.21. The van der Waals surface area contributed by atoms with Gasteiger partial charge in [-0.15, -0.1) is 0 Å². The predicted octanol–water partition coefficient (Wildman–Crippen LogP) is 1.79. The minimum absolute atomic E-state index is 0.0241. The summed E-state index contributed by atoms with van der Waals surface area (Å²) in [7, 11) is 0. The molecule has 1 fully saturated rings. The fourth-order valence-electron chi connectivity index (χ4n) is 2.14. The summed E-state index contributed by atoms with van der Waals surface area (Å²) in [5, 5.41) is 2.82. The van der Waals surface area contributed by atoms with Crippen molar-refractivity contribution in [1.82, 2.24) is 10.2 Å². The number of amides is 2. The molecule has 1 heterocycles. The molecule has 0 saturated carbocycles. The summed E-state index contributed by atoms with van der Waals surface area (Å²) in [5.41, 5.74) is 0. The average Bonchev–Trinajstić information content (AvgIpc) is 2.31. The largest absolute Gasteiger partial charge is 0.343 e. The lowest BCUT2D eigenvalue weighted by atomic mass is 9.95. The molecule has 0 aromatic carbocycles. The zero-order chi connectivity index (χ0) is 13.9. The maximum Gasteiger partial charge on any atom is 0.245 e. The van der Waals surface area contributed by atoms with Crippen molar-refractivity contribution < 1.29 is 9.59 Å². The van der Waals surface area contributed by atoms with Gasteiger partial charge in [-0.25, -0.2) is 0 Å². The standard InChI is InChI=1S/C14H26N2O2/c1-6-7-12-14(18)16(8-10(4)9(2)3)11(5)13(17)15-12/h9-12H,6-8H2,1-5H3,(H,15,17). The third-order valence-electron chi connectivity index (χ3n) is 3.94. The Kier molecular flexibility index (Phi) is 5.17. The summed E-state index contributed by atoms with van der Waals surface area (Å²) in [6, 6.07) is -0.662. The fourth-order valence-corrected chi connectivity index (χ4v) is 2.14.